The molecule has 0 spiro atoms. The predicted molar refractivity (Wildman–Crippen MR) is 96.2 cm³/mol. The second kappa shape index (κ2) is 8.26. The zero-order chi connectivity index (χ0) is 18.9. The van der Waals surface area contributed by atoms with E-state index in [1.807, 2.05) is 0 Å². The van der Waals surface area contributed by atoms with Crippen molar-refractivity contribution >= 4 is 28.1 Å². The minimum atomic E-state index is -4.52. The summed E-state index contributed by atoms with van der Waals surface area (Å²) in [7, 11) is -4.52. The van der Waals surface area contributed by atoms with Gasteiger partial charge in [-0.2, -0.15) is 4.31 Å². The lowest BCUT2D eigenvalue weighted by atomic mass is 10.1. The Bertz CT molecular complexity index is 958. The first-order chi connectivity index (χ1) is 12.3. The molecular formula is C16H16ClF2N3O4S. The second-order valence-corrected chi connectivity index (χ2v) is 7.56. The summed E-state index contributed by atoms with van der Waals surface area (Å²) in [5, 5.41) is 14.2. The Balaban J connectivity index is 0.00000261. The molecule has 0 saturated carbocycles. The number of nitro groups is 1. The molecule has 0 radical (unpaired) electrons. The van der Waals surface area contributed by atoms with Gasteiger partial charge in [-0.25, -0.2) is 17.2 Å². The van der Waals surface area contributed by atoms with Gasteiger partial charge in [0.1, 0.15) is 11.6 Å². The number of hydrogen-bond donors (Lipinski definition) is 1. The van der Waals surface area contributed by atoms with Crippen LogP contribution in [0.15, 0.2) is 47.4 Å². The van der Waals surface area contributed by atoms with Gasteiger partial charge < -0.3 is 5.32 Å². The summed E-state index contributed by atoms with van der Waals surface area (Å²) in [5.74, 6) is -1.74. The molecule has 2 aromatic rings. The highest BCUT2D eigenvalue weighted by molar-refractivity contribution is 7.89. The zero-order valence-electron chi connectivity index (χ0n) is 13.8. The van der Waals surface area contributed by atoms with E-state index in [4.69, 9.17) is 0 Å². The minimum Gasteiger partial charge on any atom is -0.313 e. The Labute approximate surface area is 160 Å². The van der Waals surface area contributed by atoms with Gasteiger partial charge in [-0.15, -0.1) is 12.4 Å². The van der Waals surface area contributed by atoms with E-state index in [2.05, 4.69) is 5.32 Å². The van der Waals surface area contributed by atoms with Crippen LogP contribution < -0.4 is 5.32 Å². The fourth-order valence-corrected chi connectivity index (χ4v) is 4.80. The van der Waals surface area contributed by atoms with Crippen molar-refractivity contribution in [1.82, 2.24) is 9.62 Å². The number of nitrogens with one attached hydrogen (secondary N) is 1. The molecule has 0 aromatic heterocycles. The number of nitrogens with zero attached hydrogens (tertiary/aromatic N) is 2. The summed E-state index contributed by atoms with van der Waals surface area (Å²) in [6, 6.07) is 7.47. The summed E-state index contributed by atoms with van der Waals surface area (Å²) in [4.78, 5) is 9.28. The van der Waals surface area contributed by atoms with Crippen molar-refractivity contribution in [2.24, 2.45) is 0 Å². The Hall–Kier alpha value is -2.14. The first kappa shape index (κ1) is 21.2. The molecule has 1 saturated heterocycles. The van der Waals surface area contributed by atoms with Crippen molar-refractivity contribution in [2.45, 2.75) is 10.9 Å². The SMILES string of the molecule is Cl.O=[N+]([O-])c1cccc(F)c1S(=O)(=O)N1CCNCC1c1cccc(F)c1. The summed E-state index contributed by atoms with van der Waals surface area (Å²) in [6.45, 7) is 0.424. The van der Waals surface area contributed by atoms with Crippen LogP contribution in [0.5, 0.6) is 0 Å². The average Bonchev–Trinajstić information content (AvgIpc) is 2.61. The van der Waals surface area contributed by atoms with E-state index >= 15 is 0 Å². The molecule has 146 valence electrons. The third-order valence-corrected chi connectivity index (χ3v) is 6.11. The molecule has 2 aromatic carbocycles. The van der Waals surface area contributed by atoms with Crippen LogP contribution in [-0.2, 0) is 10.0 Å². The van der Waals surface area contributed by atoms with Crippen molar-refractivity contribution in [3.05, 3.63) is 69.8 Å². The lowest BCUT2D eigenvalue weighted by Crippen LogP contribution is -2.48. The minimum absolute atomic E-state index is 0. The van der Waals surface area contributed by atoms with Crippen molar-refractivity contribution in [2.75, 3.05) is 19.6 Å². The second-order valence-electron chi connectivity index (χ2n) is 5.74. The molecule has 11 heteroatoms. The molecule has 0 bridgehead atoms. The standard InChI is InChI=1S/C16H15F2N3O4S.ClH/c17-12-4-1-3-11(9-12)15-10-19-7-8-20(15)26(24,25)16-13(18)5-2-6-14(16)21(22)23;/h1-6,9,15,19H,7-8,10H2;1H. The van der Waals surface area contributed by atoms with E-state index in [9.17, 15) is 27.3 Å². The molecule has 1 atom stereocenters. The molecular weight excluding hydrogens is 404 g/mol. The number of halogens is 3. The lowest BCUT2D eigenvalue weighted by Gasteiger charge is -2.35. The Morgan fingerprint density at radius 1 is 1.19 bits per heavy atom. The molecule has 3 rings (SSSR count). The van der Waals surface area contributed by atoms with Gasteiger partial charge >= 0.3 is 0 Å². The van der Waals surface area contributed by atoms with Crippen LogP contribution in [0.2, 0.25) is 0 Å². The van der Waals surface area contributed by atoms with E-state index in [1.165, 1.54) is 18.2 Å². The van der Waals surface area contributed by atoms with Crippen LogP contribution in [0.25, 0.3) is 0 Å². The van der Waals surface area contributed by atoms with Crippen molar-refractivity contribution in [3.8, 4) is 0 Å². The molecule has 0 aliphatic carbocycles. The van der Waals surface area contributed by atoms with Crippen LogP contribution in [-0.4, -0.2) is 37.3 Å². The summed E-state index contributed by atoms with van der Waals surface area (Å²) < 4.78 is 54.9. The number of hydrogen-bond acceptors (Lipinski definition) is 5. The fourth-order valence-electron chi connectivity index (χ4n) is 2.99. The monoisotopic (exact) mass is 419 g/mol. The molecule has 7 nitrogen and oxygen atoms in total. The van der Waals surface area contributed by atoms with Crippen LogP contribution in [0.1, 0.15) is 11.6 Å². The highest BCUT2D eigenvalue weighted by atomic mass is 35.5. The van der Waals surface area contributed by atoms with E-state index in [-0.39, 0.29) is 32.0 Å². The average molecular weight is 420 g/mol. The largest absolute Gasteiger partial charge is 0.313 e. The highest BCUT2D eigenvalue weighted by Gasteiger charge is 2.40. The van der Waals surface area contributed by atoms with E-state index in [0.717, 1.165) is 22.5 Å². The predicted octanol–water partition coefficient (Wildman–Crippen LogP) is 2.63. The third-order valence-electron chi connectivity index (χ3n) is 4.14. The Morgan fingerprint density at radius 3 is 2.56 bits per heavy atom. The normalized spacial score (nSPS) is 17.9. The maximum atomic E-state index is 14.3. The maximum Gasteiger partial charge on any atom is 0.292 e. The van der Waals surface area contributed by atoms with Crippen molar-refractivity contribution in [3.63, 3.8) is 0 Å². The molecule has 1 heterocycles. The van der Waals surface area contributed by atoms with Gasteiger partial charge in [-0.3, -0.25) is 10.1 Å². The van der Waals surface area contributed by atoms with E-state index < -0.39 is 43.2 Å². The van der Waals surface area contributed by atoms with Gasteiger partial charge in [0.2, 0.25) is 0 Å². The topological polar surface area (TPSA) is 92.5 Å². The van der Waals surface area contributed by atoms with Gasteiger partial charge in [0.15, 0.2) is 4.90 Å². The molecule has 1 fully saturated rings. The van der Waals surface area contributed by atoms with Crippen molar-refractivity contribution in [1.29, 1.82) is 0 Å². The fraction of sp³-hybridized carbons (Fsp3) is 0.250. The first-order valence-corrected chi connectivity index (χ1v) is 9.17. The number of piperazine rings is 1. The summed E-state index contributed by atoms with van der Waals surface area (Å²) >= 11 is 0. The van der Waals surface area contributed by atoms with Gasteiger partial charge in [0.25, 0.3) is 15.7 Å². The number of rotatable bonds is 4. The van der Waals surface area contributed by atoms with E-state index in [0.29, 0.717) is 5.56 Å². The zero-order valence-corrected chi connectivity index (χ0v) is 15.5. The quantitative estimate of drug-likeness (QED) is 0.607. The van der Waals surface area contributed by atoms with Crippen LogP contribution >= 0.6 is 12.4 Å². The Kier molecular flexibility index (Phi) is 6.47. The summed E-state index contributed by atoms with van der Waals surface area (Å²) in [5.41, 5.74) is -0.457. The number of benzene rings is 2. The molecule has 27 heavy (non-hydrogen) atoms. The van der Waals surface area contributed by atoms with Gasteiger partial charge in [-0.05, 0) is 23.8 Å². The molecule has 1 aliphatic rings. The molecule has 1 unspecified atom stereocenters. The van der Waals surface area contributed by atoms with Gasteiger partial charge in [0.05, 0.1) is 11.0 Å². The van der Waals surface area contributed by atoms with Gasteiger partial charge in [0, 0.05) is 25.7 Å². The van der Waals surface area contributed by atoms with Crippen LogP contribution in [0.3, 0.4) is 0 Å². The maximum absolute atomic E-state index is 14.3. The number of sulfonamides is 1. The van der Waals surface area contributed by atoms with Crippen LogP contribution in [0, 0.1) is 21.7 Å². The highest BCUT2D eigenvalue weighted by Crippen LogP contribution is 2.34. The molecule has 1 N–H and O–H groups in total. The smallest absolute Gasteiger partial charge is 0.292 e. The lowest BCUT2D eigenvalue weighted by molar-refractivity contribution is -0.388. The summed E-state index contributed by atoms with van der Waals surface area (Å²) in [6.07, 6.45) is 0. The molecule has 0 amide bonds. The molecule has 1 aliphatic heterocycles. The first-order valence-electron chi connectivity index (χ1n) is 7.73. The van der Waals surface area contributed by atoms with Crippen LogP contribution in [0.4, 0.5) is 14.5 Å². The third kappa shape index (κ3) is 4.08. The Morgan fingerprint density at radius 2 is 1.89 bits per heavy atom. The van der Waals surface area contributed by atoms with Gasteiger partial charge in [-0.1, -0.05) is 18.2 Å². The van der Waals surface area contributed by atoms with Crippen molar-refractivity contribution < 1.29 is 22.1 Å². The number of nitro benzene ring substituents is 1. The van der Waals surface area contributed by atoms with E-state index in [1.54, 1.807) is 6.07 Å².